The normalized spacial score (nSPS) is 12.7. The van der Waals surface area contributed by atoms with Gasteiger partial charge in [0.2, 0.25) is 0 Å². The summed E-state index contributed by atoms with van der Waals surface area (Å²) in [5.74, 6) is 0. The van der Waals surface area contributed by atoms with Gasteiger partial charge in [-0.05, 0) is 17.7 Å². The van der Waals surface area contributed by atoms with Crippen molar-refractivity contribution in [2.45, 2.75) is 18.8 Å². The molecule has 1 N–H and O–H groups in total. The molecule has 0 atom stereocenters. The van der Waals surface area contributed by atoms with E-state index in [1.807, 2.05) is 0 Å². The molecule has 0 aliphatic heterocycles. The summed E-state index contributed by atoms with van der Waals surface area (Å²) in [4.78, 5) is 0. The molecule has 0 bridgehead atoms. The SMILES string of the molecule is FC(F)(F)C(F)(F)OCCNCc1ccc(Br)cc1. The molecule has 0 unspecified atom stereocenters. The number of halogens is 6. The van der Waals surface area contributed by atoms with Gasteiger partial charge in [-0.15, -0.1) is 0 Å². The van der Waals surface area contributed by atoms with Crippen LogP contribution in [0.25, 0.3) is 0 Å². The van der Waals surface area contributed by atoms with E-state index in [9.17, 15) is 22.0 Å². The first-order valence-corrected chi connectivity index (χ1v) is 6.05. The Bertz CT molecular complexity index is 393. The Hall–Kier alpha value is -0.730. The van der Waals surface area contributed by atoms with Gasteiger partial charge in [0.25, 0.3) is 0 Å². The predicted molar refractivity (Wildman–Crippen MR) is 62.8 cm³/mol. The second-order valence-electron chi connectivity index (χ2n) is 3.67. The molecule has 0 radical (unpaired) electrons. The van der Waals surface area contributed by atoms with Crippen LogP contribution in [0.4, 0.5) is 22.0 Å². The molecule has 108 valence electrons. The average molecular weight is 348 g/mol. The van der Waals surface area contributed by atoms with Gasteiger partial charge in [-0.1, -0.05) is 28.1 Å². The lowest BCUT2D eigenvalue weighted by atomic mass is 10.2. The highest BCUT2D eigenvalue weighted by Crippen LogP contribution is 2.35. The first-order chi connectivity index (χ1) is 8.72. The highest BCUT2D eigenvalue weighted by Gasteiger charge is 2.59. The maximum absolute atomic E-state index is 12.3. The van der Waals surface area contributed by atoms with Crippen LogP contribution in [-0.4, -0.2) is 25.4 Å². The molecule has 0 aliphatic rings. The highest BCUT2D eigenvalue weighted by molar-refractivity contribution is 9.10. The summed E-state index contributed by atoms with van der Waals surface area (Å²) in [6.07, 6.45) is -10.8. The van der Waals surface area contributed by atoms with E-state index in [1.54, 1.807) is 24.3 Å². The summed E-state index contributed by atoms with van der Waals surface area (Å²) < 4.78 is 64.3. The molecule has 1 aromatic carbocycles. The molecule has 0 saturated heterocycles. The van der Waals surface area contributed by atoms with Gasteiger partial charge < -0.3 is 10.1 Å². The van der Waals surface area contributed by atoms with Crippen LogP contribution in [0.1, 0.15) is 5.56 Å². The smallest absolute Gasteiger partial charge is 0.312 e. The molecule has 0 aromatic heterocycles. The quantitative estimate of drug-likeness (QED) is 0.625. The molecule has 0 aliphatic carbocycles. The molecule has 2 nitrogen and oxygen atoms in total. The van der Waals surface area contributed by atoms with Gasteiger partial charge in [0, 0.05) is 17.6 Å². The third-order valence-corrected chi connectivity index (χ3v) is 2.66. The minimum atomic E-state index is -5.68. The van der Waals surface area contributed by atoms with E-state index < -0.39 is 18.9 Å². The van der Waals surface area contributed by atoms with Crippen LogP contribution in [0.3, 0.4) is 0 Å². The van der Waals surface area contributed by atoms with Gasteiger partial charge >= 0.3 is 12.3 Å². The molecule has 0 spiro atoms. The average Bonchev–Trinajstić information content (AvgIpc) is 2.29. The Morgan fingerprint density at radius 1 is 1.05 bits per heavy atom. The van der Waals surface area contributed by atoms with E-state index in [1.165, 1.54) is 0 Å². The number of nitrogens with one attached hydrogen (secondary N) is 1. The van der Waals surface area contributed by atoms with Crippen LogP contribution < -0.4 is 5.32 Å². The van der Waals surface area contributed by atoms with Crippen molar-refractivity contribution in [2.24, 2.45) is 0 Å². The highest BCUT2D eigenvalue weighted by atomic mass is 79.9. The summed E-state index contributed by atoms with van der Waals surface area (Å²) in [5, 5.41) is 2.70. The van der Waals surface area contributed by atoms with Gasteiger partial charge in [0.1, 0.15) is 0 Å². The van der Waals surface area contributed by atoms with E-state index in [0.29, 0.717) is 6.54 Å². The monoisotopic (exact) mass is 347 g/mol. The molecule has 0 saturated carbocycles. The lowest BCUT2D eigenvalue weighted by molar-refractivity contribution is -0.390. The fraction of sp³-hybridized carbons (Fsp3) is 0.455. The molecule has 1 aromatic rings. The number of rotatable bonds is 6. The lowest BCUT2D eigenvalue weighted by Gasteiger charge is -2.19. The number of hydrogen-bond donors (Lipinski definition) is 1. The van der Waals surface area contributed by atoms with Crippen LogP contribution in [0.5, 0.6) is 0 Å². The third kappa shape index (κ3) is 5.42. The van der Waals surface area contributed by atoms with Crippen molar-refractivity contribution in [3.8, 4) is 0 Å². The Balaban J connectivity index is 2.23. The van der Waals surface area contributed by atoms with Gasteiger partial charge in [0.15, 0.2) is 0 Å². The minimum Gasteiger partial charge on any atom is -0.312 e. The summed E-state index contributed by atoms with van der Waals surface area (Å²) in [7, 11) is 0. The standard InChI is InChI=1S/C11H11BrF5NO/c12-9-3-1-8(2-4-9)7-18-5-6-19-11(16,17)10(13,14)15/h1-4,18H,5-7H2. The van der Waals surface area contributed by atoms with Crippen molar-refractivity contribution >= 4 is 15.9 Å². The second kappa shape index (κ2) is 6.62. The van der Waals surface area contributed by atoms with Crippen LogP contribution in [0.2, 0.25) is 0 Å². The van der Waals surface area contributed by atoms with Gasteiger partial charge in [0.05, 0.1) is 6.61 Å². The van der Waals surface area contributed by atoms with Crippen molar-refractivity contribution in [2.75, 3.05) is 13.2 Å². The first kappa shape index (κ1) is 16.3. The minimum absolute atomic E-state index is 0.109. The summed E-state index contributed by atoms with van der Waals surface area (Å²) >= 11 is 3.25. The van der Waals surface area contributed by atoms with E-state index in [4.69, 9.17) is 0 Å². The number of ether oxygens (including phenoxy) is 1. The van der Waals surface area contributed by atoms with E-state index in [2.05, 4.69) is 26.0 Å². The van der Waals surface area contributed by atoms with E-state index in [0.717, 1.165) is 10.0 Å². The van der Waals surface area contributed by atoms with E-state index >= 15 is 0 Å². The molecule has 8 heteroatoms. The lowest BCUT2D eigenvalue weighted by Crippen LogP contribution is -2.40. The molecule has 0 heterocycles. The zero-order valence-electron chi connectivity index (χ0n) is 9.61. The van der Waals surface area contributed by atoms with Crippen molar-refractivity contribution in [1.29, 1.82) is 0 Å². The van der Waals surface area contributed by atoms with Gasteiger partial charge in [-0.25, -0.2) is 0 Å². The van der Waals surface area contributed by atoms with Crippen LogP contribution >= 0.6 is 15.9 Å². The van der Waals surface area contributed by atoms with Crippen LogP contribution in [-0.2, 0) is 11.3 Å². The maximum Gasteiger partial charge on any atom is 0.482 e. The fourth-order valence-corrected chi connectivity index (χ4v) is 1.43. The molecule has 0 fully saturated rings. The zero-order valence-corrected chi connectivity index (χ0v) is 11.2. The van der Waals surface area contributed by atoms with Crippen LogP contribution in [0.15, 0.2) is 28.7 Å². The first-order valence-electron chi connectivity index (χ1n) is 5.26. The topological polar surface area (TPSA) is 21.3 Å². The molecule has 1 rings (SSSR count). The molecular weight excluding hydrogens is 337 g/mol. The Morgan fingerprint density at radius 2 is 1.63 bits per heavy atom. The Kier molecular flexibility index (Phi) is 5.69. The maximum atomic E-state index is 12.3. The molecule has 0 amide bonds. The van der Waals surface area contributed by atoms with Crippen LogP contribution in [0, 0.1) is 0 Å². The van der Waals surface area contributed by atoms with E-state index in [-0.39, 0.29) is 6.54 Å². The number of hydrogen-bond acceptors (Lipinski definition) is 2. The Morgan fingerprint density at radius 3 is 2.16 bits per heavy atom. The van der Waals surface area contributed by atoms with Gasteiger partial charge in [-0.3, -0.25) is 0 Å². The summed E-state index contributed by atoms with van der Waals surface area (Å²) in [6, 6.07) is 7.18. The summed E-state index contributed by atoms with van der Waals surface area (Å²) in [5.41, 5.74) is 0.880. The molecular formula is C11H11BrF5NO. The number of alkyl halides is 5. The fourth-order valence-electron chi connectivity index (χ4n) is 1.17. The second-order valence-corrected chi connectivity index (χ2v) is 4.58. The third-order valence-electron chi connectivity index (χ3n) is 2.13. The zero-order chi connectivity index (χ0) is 14.5. The van der Waals surface area contributed by atoms with Gasteiger partial charge in [-0.2, -0.15) is 22.0 Å². The Labute approximate surface area is 115 Å². The summed E-state index contributed by atoms with van der Waals surface area (Å²) in [6.45, 7) is -0.487. The largest absolute Gasteiger partial charge is 0.482 e. The van der Waals surface area contributed by atoms with Crippen molar-refractivity contribution in [3.63, 3.8) is 0 Å². The van der Waals surface area contributed by atoms with Crippen molar-refractivity contribution in [1.82, 2.24) is 5.32 Å². The number of benzene rings is 1. The van der Waals surface area contributed by atoms with Crippen molar-refractivity contribution < 1.29 is 26.7 Å². The van der Waals surface area contributed by atoms with Crippen molar-refractivity contribution in [3.05, 3.63) is 34.3 Å². The molecule has 19 heavy (non-hydrogen) atoms. The predicted octanol–water partition coefficient (Wildman–Crippen LogP) is 3.71.